The molecule has 4 aromatic rings. The van der Waals surface area contributed by atoms with E-state index in [2.05, 4.69) is 122 Å². The largest absolute Gasteiger partial charge is 0.489 e. The quantitative estimate of drug-likeness (QED) is 0.212. The van der Waals surface area contributed by atoms with E-state index in [9.17, 15) is 0 Å². The molecule has 0 amide bonds. The van der Waals surface area contributed by atoms with Crippen molar-refractivity contribution in [1.82, 2.24) is 9.97 Å². The molecule has 0 saturated heterocycles. The van der Waals surface area contributed by atoms with Crippen LogP contribution in [0.2, 0.25) is 0 Å². The number of nitrogens with zero attached hydrogens (tertiary/aromatic N) is 2. The van der Waals surface area contributed by atoms with Crippen LogP contribution in [0.1, 0.15) is 44.3 Å². The summed E-state index contributed by atoms with van der Waals surface area (Å²) in [5.41, 5.74) is 1.96. The van der Waals surface area contributed by atoms with E-state index < -0.39 is 11.2 Å². The van der Waals surface area contributed by atoms with Crippen molar-refractivity contribution in [2.75, 3.05) is 6.61 Å². The fourth-order valence-electron chi connectivity index (χ4n) is 5.26. The first-order chi connectivity index (χ1) is 18.3. The van der Waals surface area contributed by atoms with Crippen LogP contribution >= 0.6 is 0 Å². The molecule has 5 heteroatoms. The van der Waals surface area contributed by atoms with Crippen LogP contribution in [0.4, 0.5) is 0 Å². The molecule has 0 radical (unpaired) electrons. The van der Waals surface area contributed by atoms with Gasteiger partial charge in [0.2, 0.25) is 11.2 Å². The highest BCUT2D eigenvalue weighted by Crippen LogP contribution is 2.60. The highest BCUT2D eigenvalue weighted by Gasteiger charge is 2.63. The van der Waals surface area contributed by atoms with Gasteiger partial charge in [0.15, 0.2) is 15.5 Å². The highest BCUT2D eigenvalue weighted by molar-refractivity contribution is 7.92. The van der Waals surface area contributed by atoms with Crippen molar-refractivity contribution in [3.05, 3.63) is 114 Å². The predicted octanol–water partition coefficient (Wildman–Crippen LogP) is 7.51. The molecule has 0 aliphatic heterocycles. The third-order valence-corrected chi connectivity index (χ3v) is 9.16. The number of benzene rings is 3. The SMILES string of the molecule is Cc1ncc(OC[C@@]2(c3ccccc3)C[C@H]2C(O[S+](c2ccccc2)c2ccccc2)C(C)(C)C)c(C)n1. The zero-order valence-electron chi connectivity index (χ0n) is 22.9. The molecule has 0 spiro atoms. The van der Waals surface area contributed by atoms with E-state index in [0.717, 1.165) is 23.7 Å². The number of rotatable bonds is 9. The fourth-order valence-corrected chi connectivity index (χ4v) is 7.19. The summed E-state index contributed by atoms with van der Waals surface area (Å²) in [6.07, 6.45) is 2.82. The highest BCUT2D eigenvalue weighted by atomic mass is 32.2. The Morgan fingerprint density at radius 3 is 1.95 bits per heavy atom. The second kappa shape index (κ2) is 10.9. The number of hydrogen-bond donors (Lipinski definition) is 0. The first-order valence-corrected chi connectivity index (χ1v) is 14.4. The summed E-state index contributed by atoms with van der Waals surface area (Å²) in [5.74, 6) is 1.81. The number of ether oxygens (including phenoxy) is 1. The molecular formula is C33H37N2O2S+. The van der Waals surface area contributed by atoms with Crippen LogP contribution in [0.3, 0.4) is 0 Å². The predicted molar refractivity (Wildman–Crippen MR) is 154 cm³/mol. The van der Waals surface area contributed by atoms with Crippen LogP contribution in [0, 0.1) is 25.2 Å². The minimum Gasteiger partial charge on any atom is -0.489 e. The van der Waals surface area contributed by atoms with Crippen LogP contribution < -0.4 is 4.74 Å². The second-order valence-electron chi connectivity index (χ2n) is 11.3. The van der Waals surface area contributed by atoms with E-state index in [1.54, 1.807) is 6.20 Å². The lowest BCUT2D eigenvalue weighted by Gasteiger charge is -2.31. The zero-order chi connectivity index (χ0) is 26.8. The average molecular weight is 526 g/mol. The number of aryl methyl sites for hydroxylation is 2. The maximum atomic E-state index is 7.23. The molecule has 1 unspecified atom stereocenters. The summed E-state index contributed by atoms with van der Waals surface area (Å²) in [6.45, 7) is 11.3. The van der Waals surface area contributed by atoms with Gasteiger partial charge in [-0.15, -0.1) is 0 Å². The Morgan fingerprint density at radius 2 is 1.42 bits per heavy atom. The van der Waals surface area contributed by atoms with Crippen LogP contribution in [-0.4, -0.2) is 22.7 Å². The number of hydrogen-bond acceptors (Lipinski definition) is 4. The van der Waals surface area contributed by atoms with Gasteiger partial charge in [-0.25, -0.2) is 9.97 Å². The zero-order valence-corrected chi connectivity index (χ0v) is 23.7. The lowest BCUT2D eigenvalue weighted by atomic mass is 9.82. The van der Waals surface area contributed by atoms with Gasteiger partial charge in [-0.05, 0) is 55.5 Å². The van der Waals surface area contributed by atoms with Crippen molar-refractivity contribution in [1.29, 1.82) is 0 Å². The van der Waals surface area contributed by atoms with Crippen molar-refractivity contribution < 1.29 is 8.92 Å². The Balaban J connectivity index is 1.49. The van der Waals surface area contributed by atoms with Gasteiger partial charge in [0.25, 0.3) is 0 Å². The summed E-state index contributed by atoms with van der Waals surface area (Å²) in [7, 11) is 0. The molecule has 3 atom stereocenters. The van der Waals surface area contributed by atoms with Crippen molar-refractivity contribution >= 4 is 11.2 Å². The van der Waals surface area contributed by atoms with Gasteiger partial charge in [-0.2, -0.15) is 4.18 Å². The fraction of sp³-hybridized carbons (Fsp3) is 0.333. The molecular weight excluding hydrogens is 488 g/mol. The van der Waals surface area contributed by atoms with Gasteiger partial charge < -0.3 is 4.74 Å². The van der Waals surface area contributed by atoms with Gasteiger partial charge in [0, 0.05) is 11.3 Å². The van der Waals surface area contributed by atoms with Gasteiger partial charge >= 0.3 is 0 Å². The van der Waals surface area contributed by atoms with Gasteiger partial charge in [0.1, 0.15) is 11.9 Å². The monoisotopic (exact) mass is 525 g/mol. The first-order valence-electron chi connectivity index (χ1n) is 13.3. The Bertz CT molecular complexity index is 1300. The minimum atomic E-state index is -0.505. The van der Waals surface area contributed by atoms with E-state index in [1.807, 2.05) is 13.8 Å². The third kappa shape index (κ3) is 5.64. The Morgan fingerprint density at radius 1 is 0.868 bits per heavy atom. The van der Waals surface area contributed by atoms with E-state index in [4.69, 9.17) is 8.92 Å². The van der Waals surface area contributed by atoms with Crippen LogP contribution in [0.5, 0.6) is 5.75 Å². The van der Waals surface area contributed by atoms with Gasteiger partial charge in [0.05, 0.1) is 18.5 Å². The molecule has 5 rings (SSSR count). The third-order valence-electron chi connectivity index (χ3n) is 7.36. The maximum Gasteiger partial charge on any atom is 0.223 e. The van der Waals surface area contributed by atoms with Crippen LogP contribution in [0.25, 0.3) is 0 Å². The Hall–Kier alpha value is -3.15. The smallest absolute Gasteiger partial charge is 0.223 e. The first kappa shape index (κ1) is 26.5. The van der Waals surface area contributed by atoms with Crippen molar-refractivity contribution in [2.45, 2.75) is 62.3 Å². The summed E-state index contributed by atoms with van der Waals surface area (Å²) < 4.78 is 13.7. The summed E-state index contributed by atoms with van der Waals surface area (Å²) in [4.78, 5) is 11.3. The molecule has 0 N–H and O–H groups in total. The Kier molecular flexibility index (Phi) is 7.60. The van der Waals surface area contributed by atoms with Crippen LogP contribution in [0.15, 0.2) is 107 Å². The van der Waals surface area contributed by atoms with E-state index in [1.165, 1.54) is 15.4 Å². The van der Waals surface area contributed by atoms with Crippen molar-refractivity contribution in [2.24, 2.45) is 11.3 Å². The minimum absolute atomic E-state index is 0.0189. The van der Waals surface area contributed by atoms with Crippen molar-refractivity contribution in [3.8, 4) is 5.75 Å². The topological polar surface area (TPSA) is 44.2 Å². The normalized spacial score (nSPS) is 19.8. The van der Waals surface area contributed by atoms with Gasteiger partial charge in [-0.3, -0.25) is 0 Å². The Labute approximate surface area is 230 Å². The molecule has 4 nitrogen and oxygen atoms in total. The van der Waals surface area contributed by atoms with E-state index in [0.29, 0.717) is 12.5 Å². The summed E-state index contributed by atoms with van der Waals surface area (Å²) in [6, 6.07) is 32.0. The molecule has 3 aromatic carbocycles. The van der Waals surface area contributed by atoms with Gasteiger partial charge in [-0.1, -0.05) is 87.5 Å². The van der Waals surface area contributed by atoms with Crippen molar-refractivity contribution in [3.63, 3.8) is 0 Å². The maximum absolute atomic E-state index is 7.23. The summed E-state index contributed by atoms with van der Waals surface area (Å²) in [5, 5.41) is 0. The van der Waals surface area contributed by atoms with E-state index >= 15 is 0 Å². The van der Waals surface area contributed by atoms with Crippen LogP contribution in [-0.2, 0) is 20.8 Å². The lowest BCUT2D eigenvalue weighted by molar-refractivity contribution is 0.0702. The van der Waals surface area contributed by atoms with E-state index in [-0.39, 0.29) is 16.9 Å². The number of aromatic nitrogens is 2. The molecule has 38 heavy (non-hydrogen) atoms. The lowest BCUT2D eigenvalue weighted by Crippen LogP contribution is -2.37. The molecule has 1 aliphatic rings. The summed E-state index contributed by atoms with van der Waals surface area (Å²) >= 11 is -0.505. The second-order valence-corrected chi connectivity index (χ2v) is 12.9. The molecule has 0 bridgehead atoms. The standard InChI is InChI=1S/C33H37N2O2S/c1-24-30(22-34-25(2)35-24)36-23-33(26-15-9-6-10-16-26)21-29(33)31(32(3,4)5)37-38(27-17-11-7-12-18-27)28-19-13-8-14-20-28/h6-20,22,29,31H,21,23H2,1-5H3/q+1/t29-,31?,33+/m0/s1. The molecule has 196 valence electrons. The molecule has 1 fully saturated rings. The molecule has 1 saturated carbocycles. The average Bonchev–Trinajstić information content (AvgIpc) is 3.64. The molecule has 1 aromatic heterocycles. The molecule has 1 heterocycles. The molecule has 1 aliphatic carbocycles.